The third kappa shape index (κ3) is 5.65. The Morgan fingerprint density at radius 1 is 1.19 bits per heavy atom. The van der Waals surface area contributed by atoms with Crippen molar-refractivity contribution in [2.24, 2.45) is 10.8 Å². The van der Waals surface area contributed by atoms with Crippen LogP contribution in [0.5, 0.6) is 0 Å². The van der Waals surface area contributed by atoms with Gasteiger partial charge in [0.2, 0.25) is 9.84 Å². The molecule has 0 aliphatic heterocycles. The van der Waals surface area contributed by atoms with E-state index >= 15 is 0 Å². The molecule has 2 rings (SSSR count). The van der Waals surface area contributed by atoms with Crippen molar-refractivity contribution in [1.82, 2.24) is 10.6 Å². The van der Waals surface area contributed by atoms with Crippen molar-refractivity contribution in [1.29, 1.82) is 0 Å². The molecule has 1 aromatic carbocycles. The maximum absolute atomic E-state index is 12.6. The van der Waals surface area contributed by atoms with Crippen molar-refractivity contribution in [2.75, 3.05) is 6.54 Å². The lowest BCUT2D eigenvalue weighted by Gasteiger charge is -2.47. The topological polar surface area (TPSA) is 58.2 Å². The average Bonchev–Trinajstić information content (AvgIpc) is 2.50. The molecule has 0 radical (unpaired) electrons. The summed E-state index contributed by atoms with van der Waals surface area (Å²) in [5.74, 6) is 0. The van der Waals surface area contributed by atoms with E-state index in [-0.39, 0.29) is 26.1 Å². The molecule has 2 N–H and O–H groups in total. The molecule has 0 bridgehead atoms. The summed E-state index contributed by atoms with van der Waals surface area (Å²) in [5, 5.41) is 6.26. The van der Waals surface area contributed by atoms with Crippen LogP contribution in [0.1, 0.15) is 40.0 Å². The van der Waals surface area contributed by atoms with Gasteiger partial charge in [-0.3, -0.25) is 0 Å². The van der Waals surface area contributed by atoms with E-state index in [1.807, 2.05) is 0 Å². The van der Waals surface area contributed by atoms with Gasteiger partial charge in [-0.2, -0.15) is 0 Å². The van der Waals surface area contributed by atoms with E-state index in [4.69, 9.17) is 24.4 Å². The van der Waals surface area contributed by atoms with E-state index < -0.39 is 9.84 Å². The van der Waals surface area contributed by atoms with E-state index in [1.165, 1.54) is 0 Å². The molecule has 2 atom stereocenters. The fourth-order valence-corrected chi connectivity index (χ4v) is 5.83. The van der Waals surface area contributed by atoms with Crippen LogP contribution in [-0.4, -0.2) is 29.6 Å². The molecule has 1 aliphatic carbocycles. The maximum atomic E-state index is 12.6. The molecule has 26 heavy (non-hydrogen) atoms. The van der Waals surface area contributed by atoms with Gasteiger partial charge >= 0.3 is 0 Å². The monoisotopic (exact) mass is 430 g/mol. The van der Waals surface area contributed by atoms with Gasteiger partial charge < -0.3 is 10.6 Å². The van der Waals surface area contributed by atoms with Crippen LogP contribution >= 0.6 is 37.1 Å². The van der Waals surface area contributed by atoms with Crippen molar-refractivity contribution in [3.8, 4) is 0 Å². The van der Waals surface area contributed by atoms with Crippen LogP contribution in [0.3, 0.4) is 0 Å². The molecule has 1 aliphatic rings. The molecule has 0 aromatic heterocycles. The van der Waals surface area contributed by atoms with E-state index in [1.54, 1.807) is 30.3 Å². The van der Waals surface area contributed by atoms with E-state index in [9.17, 15) is 8.42 Å². The first-order valence-electron chi connectivity index (χ1n) is 8.51. The summed E-state index contributed by atoms with van der Waals surface area (Å²) in [7, 11) is -3.66. The van der Waals surface area contributed by atoms with Crippen LogP contribution in [0.25, 0.3) is 0 Å². The third-order valence-corrected chi connectivity index (χ3v) is 7.30. The molecule has 144 valence electrons. The zero-order valence-electron chi connectivity index (χ0n) is 15.3. The van der Waals surface area contributed by atoms with Crippen LogP contribution in [0.2, 0.25) is 0 Å². The van der Waals surface area contributed by atoms with Gasteiger partial charge in [-0.1, -0.05) is 51.2 Å². The highest BCUT2D eigenvalue weighted by atomic mass is 32.2. The van der Waals surface area contributed by atoms with Crippen molar-refractivity contribution >= 4 is 55.5 Å². The summed E-state index contributed by atoms with van der Waals surface area (Å²) in [6.07, 6.45) is 2.84. The Hall–Kier alpha value is -0.700. The summed E-state index contributed by atoms with van der Waals surface area (Å²) >= 11 is 14.5. The molecule has 4 nitrogen and oxygen atoms in total. The molecule has 8 heteroatoms. The lowest BCUT2D eigenvalue weighted by atomic mass is 9.62. The SMILES string of the molecule is CC1(C)CC(NC(=S)S)CC(C)(CNC(=S)S(=O)(=O)c2ccccc2)C1. The second-order valence-electron chi connectivity index (χ2n) is 8.16. The fraction of sp³-hybridized carbons (Fsp3) is 0.556. The predicted octanol–water partition coefficient (Wildman–Crippen LogP) is 3.72. The zero-order valence-corrected chi connectivity index (χ0v) is 18.6. The first kappa shape index (κ1) is 21.6. The minimum atomic E-state index is -3.66. The van der Waals surface area contributed by atoms with E-state index in [0.717, 1.165) is 19.3 Å². The predicted molar refractivity (Wildman–Crippen MR) is 118 cm³/mol. The first-order valence-corrected chi connectivity index (χ1v) is 11.3. The van der Waals surface area contributed by atoms with Gasteiger partial charge in [0.25, 0.3) is 0 Å². The lowest BCUT2D eigenvalue weighted by Crippen LogP contribution is -2.50. The van der Waals surface area contributed by atoms with Gasteiger partial charge in [0.1, 0.15) is 4.32 Å². The summed E-state index contributed by atoms with van der Waals surface area (Å²) in [6.45, 7) is 7.10. The van der Waals surface area contributed by atoms with Gasteiger partial charge in [-0.15, -0.1) is 12.6 Å². The number of sulfone groups is 1. The molecule has 0 heterocycles. The second kappa shape index (κ2) is 8.12. The number of thiol groups is 1. The molecule has 2 unspecified atom stereocenters. The quantitative estimate of drug-likeness (QED) is 0.500. The zero-order chi connectivity index (χ0) is 19.6. The van der Waals surface area contributed by atoms with E-state index in [0.29, 0.717) is 10.9 Å². The number of thiocarbonyl (C=S) groups is 2. The number of hydrogen-bond acceptors (Lipinski definition) is 4. The van der Waals surface area contributed by atoms with Crippen LogP contribution in [0.15, 0.2) is 35.2 Å². The summed E-state index contributed by atoms with van der Waals surface area (Å²) in [5.41, 5.74) is 0.0130. The Kier molecular flexibility index (Phi) is 6.75. The van der Waals surface area contributed by atoms with Gasteiger partial charge in [-0.25, -0.2) is 8.42 Å². The Balaban J connectivity index is 2.09. The standard InChI is InChI=1S/C18H26N2O2S4/c1-17(2)9-13(20-15(23)24)10-18(3,11-17)12-19-16(25)26(21,22)14-7-5-4-6-8-14/h4-8,13H,9-12H2,1-3H3,(H,19,25)(H2,20,23,24). The molecule has 1 aromatic rings. The molecule has 1 saturated carbocycles. The van der Waals surface area contributed by atoms with E-state index in [2.05, 4.69) is 44.0 Å². The highest BCUT2D eigenvalue weighted by Crippen LogP contribution is 2.45. The van der Waals surface area contributed by atoms with Crippen LogP contribution in [-0.2, 0) is 9.84 Å². The number of nitrogens with one attached hydrogen (secondary N) is 2. The molecular weight excluding hydrogens is 404 g/mol. The van der Waals surface area contributed by atoms with Crippen LogP contribution < -0.4 is 10.6 Å². The average molecular weight is 431 g/mol. The van der Waals surface area contributed by atoms with Gasteiger partial charge in [-0.05, 0) is 54.4 Å². The van der Waals surface area contributed by atoms with Gasteiger partial charge in [0.15, 0.2) is 4.32 Å². The van der Waals surface area contributed by atoms with Crippen molar-refractivity contribution in [3.63, 3.8) is 0 Å². The number of rotatable bonds is 4. The first-order chi connectivity index (χ1) is 11.9. The van der Waals surface area contributed by atoms with Crippen LogP contribution in [0.4, 0.5) is 0 Å². The minimum Gasteiger partial charge on any atom is -0.368 e. The minimum absolute atomic E-state index is 0.103. The molecular formula is C18H26N2O2S4. The summed E-state index contributed by atoms with van der Waals surface area (Å²) in [6, 6.07) is 8.49. The number of benzene rings is 1. The summed E-state index contributed by atoms with van der Waals surface area (Å²) in [4.78, 5) is 0.214. The Morgan fingerprint density at radius 2 is 1.81 bits per heavy atom. The van der Waals surface area contributed by atoms with Crippen molar-refractivity contribution in [2.45, 2.75) is 51.0 Å². The summed E-state index contributed by atoms with van der Waals surface area (Å²) < 4.78 is 25.6. The second-order valence-corrected chi connectivity index (χ2v) is 11.9. The molecule has 0 spiro atoms. The number of hydrogen-bond donors (Lipinski definition) is 3. The lowest BCUT2D eigenvalue weighted by molar-refractivity contribution is 0.0811. The van der Waals surface area contributed by atoms with Crippen molar-refractivity contribution < 1.29 is 8.42 Å². The highest BCUT2D eigenvalue weighted by molar-refractivity contribution is 8.17. The molecule has 1 fully saturated rings. The van der Waals surface area contributed by atoms with Gasteiger partial charge in [0, 0.05) is 12.6 Å². The largest absolute Gasteiger partial charge is 0.368 e. The maximum Gasteiger partial charge on any atom is 0.232 e. The normalized spacial score (nSPS) is 25.3. The van der Waals surface area contributed by atoms with Crippen molar-refractivity contribution in [3.05, 3.63) is 30.3 Å². The van der Waals surface area contributed by atoms with Crippen LogP contribution in [0, 0.1) is 10.8 Å². The molecule has 0 saturated heterocycles. The Bertz CT molecular complexity index is 778. The fourth-order valence-electron chi connectivity index (χ4n) is 4.13. The third-order valence-electron chi connectivity index (χ3n) is 4.73. The smallest absolute Gasteiger partial charge is 0.232 e. The molecule has 0 amide bonds. The Labute approximate surface area is 172 Å². The van der Waals surface area contributed by atoms with Gasteiger partial charge in [0.05, 0.1) is 4.90 Å². The Morgan fingerprint density at radius 3 is 2.38 bits per heavy atom. The highest BCUT2D eigenvalue weighted by Gasteiger charge is 2.41.